The maximum absolute atomic E-state index is 12.7. The molecule has 3 fully saturated rings. The van der Waals surface area contributed by atoms with Gasteiger partial charge in [0.1, 0.15) is 54.9 Å². The normalized spacial score (nSPS) is 26.7. The predicted octanol–water partition coefficient (Wildman–Crippen LogP) is -2.16. The third kappa shape index (κ3) is 34.1. The van der Waals surface area contributed by atoms with Crippen LogP contribution in [0.3, 0.4) is 0 Å². The van der Waals surface area contributed by atoms with Crippen molar-refractivity contribution in [1.29, 1.82) is 0 Å². The van der Waals surface area contributed by atoms with Crippen molar-refractivity contribution in [2.24, 2.45) is 22.6 Å². The van der Waals surface area contributed by atoms with E-state index in [4.69, 9.17) is 59.8 Å². The number of alkyl carbamates (subject to hydrolysis) is 3. The van der Waals surface area contributed by atoms with Crippen LogP contribution in [0.2, 0.25) is 0 Å². The molecule has 15 atom stereocenters. The zero-order valence-corrected chi connectivity index (χ0v) is 54.9. The van der Waals surface area contributed by atoms with Gasteiger partial charge in [-0.15, -0.1) is 0 Å². The van der Waals surface area contributed by atoms with Gasteiger partial charge in [-0.05, 0) is 95.3 Å². The van der Waals surface area contributed by atoms with Crippen molar-refractivity contribution in [3.05, 3.63) is 0 Å². The summed E-state index contributed by atoms with van der Waals surface area (Å²) >= 11 is 0. The molecular formula is C61H115N9O24. The Morgan fingerprint density at radius 1 is 0.351 bits per heavy atom. The maximum atomic E-state index is 12.7. The minimum absolute atomic E-state index is 0.123. The van der Waals surface area contributed by atoms with Gasteiger partial charge in [-0.3, -0.25) is 14.4 Å². The fourth-order valence-corrected chi connectivity index (χ4v) is 10.6. The summed E-state index contributed by atoms with van der Waals surface area (Å²) in [5.41, 5.74) is 17.3. The van der Waals surface area contributed by atoms with Crippen LogP contribution in [-0.4, -0.2) is 273 Å². The molecule has 33 heteroatoms. The molecule has 33 nitrogen and oxygen atoms in total. The molecule has 3 aliphatic heterocycles. The van der Waals surface area contributed by atoms with Crippen molar-refractivity contribution in [2.75, 3.05) is 98.7 Å². The van der Waals surface area contributed by atoms with E-state index in [-0.39, 0.29) is 82.0 Å². The zero-order valence-electron chi connectivity index (χ0n) is 54.9. The molecule has 0 spiro atoms. The molecule has 21 N–H and O–H groups in total. The number of aliphatic hydroxyl groups is 9. The molecule has 6 amide bonds. The van der Waals surface area contributed by atoms with Crippen molar-refractivity contribution in [1.82, 2.24) is 31.9 Å². The molecule has 3 heterocycles. The number of amides is 6. The van der Waals surface area contributed by atoms with Gasteiger partial charge in [0, 0.05) is 58.5 Å². The van der Waals surface area contributed by atoms with E-state index in [0.29, 0.717) is 110 Å². The van der Waals surface area contributed by atoms with Gasteiger partial charge < -0.3 is 138 Å². The molecule has 94 heavy (non-hydrogen) atoms. The van der Waals surface area contributed by atoms with E-state index >= 15 is 0 Å². The molecule has 15 unspecified atom stereocenters. The fraction of sp³-hybridized carbons (Fsp3) is 0.902. The number of nitrogens with two attached hydrogens (primary N) is 3. The van der Waals surface area contributed by atoms with Crippen LogP contribution in [0.1, 0.15) is 155 Å². The van der Waals surface area contributed by atoms with Crippen LogP contribution in [0, 0.1) is 5.41 Å². The summed E-state index contributed by atoms with van der Waals surface area (Å²) in [6.45, 7) is 3.99. The Morgan fingerprint density at radius 2 is 0.617 bits per heavy atom. The third-order valence-electron chi connectivity index (χ3n) is 16.6. The van der Waals surface area contributed by atoms with Gasteiger partial charge >= 0.3 is 18.3 Å². The van der Waals surface area contributed by atoms with Crippen LogP contribution in [0.25, 0.3) is 0 Å². The van der Waals surface area contributed by atoms with Gasteiger partial charge in [0.15, 0.2) is 18.9 Å². The fourth-order valence-electron chi connectivity index (χ4n) is 10.6. The molecular weight excluding hydrogens is 1240 g/mol. The Hall–Kier alpha value is -4.50. The molecule has 0 aromatic carbocycles. The first kappa shape index (κ1) is 83.7. The predicted molar refractivity (Wildman–Crippen MR) is 336 cm³/mol. The minimum atomic E-state index is -1.34. The second kappa shape index (κ2) is 49.1. The molecule has 0 bridgehead atoms. The monoisotopic (exact) mass is 1360 g/mol. The quantitative estimate of drug-likeness (QED) is 0.0228. The Kier molecular flexibility index (Phi) is 43.7. The minimum Gasteiger partial charge on any atom is -0.450 e. The number of nitrogens with one attached hydrogen (secondary N) is 6. The molecule has 3 rings (SSSR count). The number of aliphatic hydroxyl groups excluding tert-OH is 9. The van der Waals surface area contributed by atoms with E-state index in [0.717, 1.165) is 57.8 Å². The second-order valence-corrected chi connectivity index (χ2v) is 24.5. The lowest BCUT2D eigenvalue weighted by atomic mass is 9.78. The molecule has 548 valence electrons. The van der Waals surface area contributed by atoms with Gasteiger partial charge in [-0.25, -0.2) is 14.4 Å². The van der Waals surface area contributed by atoms with Crippen LogP contribution >= 0.6 is 0 Å². The van der Waals surface area contributed by atoms with E-state index in [1.54, 1.807) is 0 Å². The van der Waals surface area contributed by atoms with Gasteiger partial charge in [-0.2, -0.15) is 0 Å². The maximum Gasteiger partial charge on any atom is 0.407 e. The second-order valence-electron chi connectivity index (χ2n) is 24.5. The van der Waals surface area contributed by atoms with E-state index in [1.165, 1.54) is 0 Å². The number of carbonyl (C=O) groups excluding carboxylic acids is 6. The highest BCUT2D eigenvalue weighted by atomic mass is 16.7. The lowest BCUT2D eigenvalue weighted by Gasteiger charge is -2.40. The van der Waals surface area contributed by atoms with E-state index in [1.807, 2.05) is 6.92 Å². The highest BCUT2D eigenvalue weighted by Gasteiger charge is 2.45. The molecule has 0 saturated carbocycles. The zero-order chi connectivity index (χ0) is 69.1. The number of ether oxygens (including phenoxy) is 9. The molecule has 0 aromatic heterocycles. The molecule has 0 aliphatic carbocycles. The topological polar surface area (TPSA) is 518 Å². The van der Waals surface area contributed by atoms with Crippen molar-refractivity contribution in [3.8, 4) is 0 Å². The summed E-state index contributed by atoms with van der Waals surface area (Å²) in [7, 11) is 0. The van der Waals surface area contributed by atoms with Crippen LogP contribution in [-0.2, 0) is 57.0 Å². The Labute approximate surface area is 551 Å². The van der Waals surface area contributed by atoms with Crippen molar-refractivity contribution in [3.63, 3.8) is 0 Å². The summed E-state index contributed by atoms with van der Waals surface area (Å²) in [6.07, 6.45) is -2.02. The number of hydrogen-bond acceptors (Lipinski definition) is 27. The van der Waals surface area contributed by atoms with Crippen molar-refractivity contribution in [2.45, 2.75) is 247 Å². The highest BCUT2D eigenvalue weighted by molar-refractivity contribution is 5.76. The van der Waals surface area contributed by atoms with Crippen LogP contribution in [0.4, 0.5) is 14.4 Å². The summed E-state index contributed by atoms with van der Waals surface area (Å²) in [4.78, 5) is 74.6. The smallest absolute Gasteiger partial charge is 0.407 e. The average Bonchev–Trinajstić information content (AvgIpc) is 0.874. The first-order valence-electron chi connectivity index (χ1n) is 33.7. The van der Waals surface area contributed by atoms with E-state index in [9.17, 15) is 74.7 Å². The first-order valence-corrected chi connectivity index (χ1v) is 33.7. The van der Waals surface area contributed by atoms with E-state index < -0.39 is 130 Å². The van der Waals surface area contributed by atoms with Crippen molar-refractivity contribution >= 4 is 36.0 Å². The third-order valence-corrected chi connectivity index (χ3v) is 16.6. The summed E-state index contributed by atoms with van der Waals surface area (Å²) < 4.78 is 49.4. The van der Waals surface area contributed by atoms with E-state index in [2.05, 4.69) is 31.9 Å². The number of hydrogen-bond donors (Lipinski definition) is 18. The van der Waals surface area contributed by atoms with Crippen LogP contribution in [0.5, 0.6) is 0 Å². The SMILES string of the molecule is CC(CCCOC(=O)NCCCCCCNC(=O)CCCOC1OC(CO)C(O)C(O)C1N)(CCCOC(=O)NCCCCCCNC(=O)CCCOC1OC(CO)C(O)C(O)C1N)CCOC(=O)NCCCCCCNC(=O)CCCOC1OC(CO)C(O)C(O)C1N. The lowest BCUT2D eigenvalue weighted by molar-refractivity contribution is -0.265. The van der Waals surface area contributed by atoms with Crippen molar-refractivity contribution < 1.29 is 117 Å². The Morgan fingerprint density at radius 3 is 0.894 bits per heavy atom. The summed E-state index contributed by atoms with van der Waals surface area (Å²) in [5, 5.41) is 105. The largest absolute Gasteiger partial charge is 0.450 e. The number of unbranched alkanes of at least 4 members (excludes halogenated alkanes) is 9. The first-order chi connectivity index (χ1) is 45.1. The molecule has 3 saturated heterocycles. The summed E-state index contributed by atoms with van der Waals surface area (Å²) in [5.74, 6) is -0.459. The van der Waals surface area contributed by atoms with Crippen LogP contribution in [0.15, 0.2) is 0 Å². The molecule has 0 aromatic rings. The van der Waals surface area contributed by atoms with Gasteiger partial charge in [0.05, 0.1) is 77.6 Å². The number of rotatable bonds is 50. The highest BCUT2D eigenvalue weighted by Crippen LogP contribution is 2.33. The lowest BCUT2D eigenvalue weighted by Crippen LogP contribution is -2.62. The average molecular weight is 1360 g/mol. The Balaban J connectivity index is 1.27. The standard InChI is InChI=1S/C61H115N9O24/c1-61(24-36-91-60(85)70-30-13-7-4-10-27-67-45(76)21-16-33-88-57-48(64)54(82)51(79)42(39-73)94-57,22-17-34-89-58(83)68-28-11-5-2-8-25-65-43(74)19-14-31-86-55-46(62)52(80)49(77)40(37-71)92-55)23-18-35-90-59(84)69-29-12-6-3-9-26-66-44(75)20-15-32-87-56-47(63)53(81)50(78)41(38-72)93-56/h40-42,46-57,71-73,77-82H,2-39,62-64H2,1H3,(H,65,74)(H,66,75)(H,67,76)(H,68,83)(H,69,84)(H,70,85). The number of carbonyl (C=O) groups is 6. The van der Waals surface area contributed by atoms with Gasteiger partial charge in [-0.1, -0.05) is 45.4 Å². The van der Waals surface area contributed by atoms with Gasteiger partial charge in [0.25, 0.3) is 0 Å². The van der Waals surface area contributed by atoms with Crippen LogP contribution < -0.4 is 49.1 Å². The molecule has 3 aliphatic rings. The summed E-state index contributed by atoms with van der Waals surface area (Å²) in [6, 6.07) is -3.03. The molecule has 0 radical (unpaired) electrons. The van der Waals surface area contributed by atoms with Gasteiger partial charge in [0.2, 0.25) is 17.7 Å². The Bertz CT molecular complexity index is 1990.